The molecule has 5 nitrogen and oxygen atoms in total. The highest BCUT2D eigenvalue weighted by Gasteiger charge is 2.41. The number of hydrogen-bond donors (Lipinski definition) is 1. The molecule has 0 radical (unpaired) electrons. The van der Waals surface area contributed by atoms with E-state index < -0.39 is 5.41 Å². The first kappa shape index (κ1) is 17.3. The molecule has 3 rings (SSSR count). The van der Waals surface area contributed by atoms with Gasteiger partial charge in [-0.15, -0.1) is 0 Å². The van der Waals surface area contributed by atoms with E-state index in [4.69, 9.17) is 9.47 Å². The van der Waals surface area contributed by atoms with Crippen molar-refractivity contribution in [1.82, 2.24) is 4.98 Å². The molecule has 0 atom stereocenters. The van der Waals surface area contributed by atoms with E-state index in [1.54, 1.807) is 20.4 Å². The quantitative estimate of drug-likeness (QED) is 0.895. The Hall–Kier alpha value is -2.56. The Labute approximate surface area is 148 Å². The third kappa shape index (κ3) is 3.45. The Morgan fingerprint density at radius 1 is 1.04 bits per heavy atom. The number of nitrogens with zero attached hydrogens (tertiary/aromatic N) is 1. The zero-order valence-corrected chi connectivity index (χ0v) is 14.7. The van der Waals surface area contributed by atoms with Crippen molar-refractivity contribution in [2.45, 2.75) is 37.5 Å². The number of rotatable bonds is 5. The third-order valence-corrected chi connectivity index (χ3v) is 4.98. The van der Waals surface area contributed by atoms with Gasteiger partial charge >= 0.3 is 0 Å². The number of carbonyl (C=O) groups excluding carboxylic acids is 1. The van der Waals surface area contributed by atoms with Crippen molar-refractivity contribution >= 4 is 11.7 Å². The van der Waals surface area contributed by atoms with Gasteiger partial charge < -0.3 is 14.8 Å². The molecule has 1 saturated carbocycles. The maximum absolute atomic E-state index is 13.2. The minimum atomic E-state index is -0.560. The van der Waals surface area contributed by atoms with E-state index in [-0.39, 0.29) is 5.91 Å². The molecular weight excluding hydrogens is 316 g/mol. The number of carbonyl (C=O) groups is 1. The molecule has 5 heteroatoms. The van der Waals surface area contributed by atoms with Crippen LogP contribution in [0, 0.1) is 0 Å². The second-order valence-corrected chi connectivity index (χ2v) is 6.38. The highest BCUT2D eigenvalue weighted by Crippen LogP contribution is 2.43. The van der Waals surface area contributed by atoms with Crippen LogP contribution >= 0.6 is 0 Å². The van der Waals surface area contributed by atoms with Gasteiger partial charge in [0.1, 0.15) is 5.82 Å². The van der Waals surface area contributed by atoms with Crippen LogP contribution < -0.4 is 14.8 Å². The maximum atomic E-state index is 13.2. The number of benzene rings is 1. The number of hydrogen-bond acceptors (Lipinski definition) is 4. The number of nitrogens with one attached hydrogen (secondary N) is 1. The van der Waals surface area contributed by atoms with E-state index in [1.807, 2.05) is 36.4 Å². The number of anilines is 1. The largest absolute Gasteiger partial charge is 0.493 e. The fourth-order valence-electron chi connectivity index (χ4n) is 3.61. The average molecular weight is 340 g/mol. The van der Waals surface area contributed by atoms with Crippen molar-refractivity contribution in [1.29, 1.82) is 0 Å². The lowest BCUT2D eigenvalue weighted by Gasteiger charge is -2.36. The predicted octanol–water partition coefficient (Wildman–Crippen LogP) is 3.94. The summed E-state index contributed by atoms with van der Waals surface area (Å²) in [5.74, 6) is 1.90. The normalized spacial score (nSPS) is 16.1. The van der Waals surface area contributed by atoms with Gasteiger partial charge in [-0.3, -0.25) is 4.79 Å². The molecule has 1 aromatic heterocycles. The zero-order chi connectivity index (χ0) is 17.7. The first-order valence-corrected chi connectivity index (χ1v) is 8.64. The summed E-state index contributed by atoms with van der Waals surface area (Å²) in [7, 11) is 3.23. The summed E-state index contributed by atoms with van der Waals surface area (Å²) in [5, 5.41) is 2.99. The van der Waals surface area contributed by atoms with Gasteiger partial charge in [-0.1, -0.05) is 31.4 Å². The highest BCUT2D eigenvalue weighted by atomic mass is 16.5. The van der Waals surface area contributed by atoms with Crippen LogP contribution in [0.4, 0.5) is 5.82 Å². The highest BCUT2D eigenvalue weighted by molar-refractivity contribution is 5.98. The van der Waals surface area contributed by atoms with Crippen LogP contribution in [0.25, 0.3) is 0 Å². The fourth-order valence-corrected chi connectivity index (χ4v) is 3.61. The third-order valence-electron chi connectivity index (χ3n) is 4.98. The van der Waals surface area contributed by atoms with E-state index in [0.29, 0.717) is 17.3 Å². The second kappa shape index (κ2) is 7.55. The number of ether oxygens (including phenoxy) is 2. The van der Waals surface area contributed by atoms with Gasteiger partial charge in [0.15, 0.2) is 11.5 Å². The lowest BCUT2D eigenvalue weighted by atomic mass is 9.68. The smallest absolute Gasteiger partial charge is 0.236 e. The number of pyridine rings is 1. The number of aromatic nitrogens is 1. The predicted molar refractivity (Wildman–Crippen MR) is 97.2 cm³/mol. The number of amides is 1. The fraction of sp³-hybridized carbons (Fsp3) is 0.400. The molecule has 1 aliphatic carbocycles. The van der Waals surface area contributed by atoms with E-state index >= 15 is 0 Å². The monoisotopic (exact) mass is 340 g/mol. The lowest BCUT2D eigenvalue weighted by Crippen LogP contribution is -2.42. The summed E-state index contributed by atoms with van der Waals surface area (Å²) >= 11 is 0. The Morgan fingerprint density at radius 3 is 2.44 bits per heavy atom. The van der Waals surface area contributed by atoms with Crippen LogP contribution in [0.15, 0.2) is 42.6 Å². The summed E-state index contributed by atoms with van der Waals surface area (Å²) in [5.41, 5.74) is 0.410. The van der Waals surface area contributed by atoms with Gasteiger partial charge in [0.2, 0.25) is 5.91 Å². The Kier molecular flexibility index (Phi) is 5.22. The van der Waals surface area contributed by atoms with Crippen molar-refractivity contribution in [3.05, 3.63) is 48.2 Å². The van der Waals surface area contributed by atoms with Gasteiger partial charge in [0.25, 0.3) is 0 Å². The Balaban J connectivity index is 1.97. The molecule has 1 N–H and O–H groups in total. The van der Waals surface area contributed by atoms with E-state index in [0.717, 1.165) is 37.7 Å². The molecule has 25 heavy (non-hydrogen) atoms. The van der Waals surface area contributed by atoms with E-state index in [1.165, 1.54) is 0 Å². The van der Waals surface area contributed by atoms with Crippen LogP contribution in [0.2, 0.25) is 0 Å². The number of methoxy groups -OCH3 is 2. The van der Waals surface area contributed by atoms with Crippen molar-refractivity contribution in [3.8, 4) is 11.5 Å². The van der Waals surface area contributed by atoms with Crippen LogP contribution in [-0.2, 0) is 10.2 Å². The first-order chi connectivity index (χ1) is 12.2. The van der Waals surface area contributed by atoms with Gasteiger partial charge in [-0.05, 0) is 42.7 Å². The van der Waals surface area contributed by atoms with Crippen LogP contribution in [-0.4, -0.2) is 25.1 Å². The Bertz CT molecular complexity index is 725. The van der Waals surface area contributed by atoms with Crippen molar-refractivity contribution in [3.63, 3.8) is 0 Å². The summed E-state index contributed by atoms with van der Waals surface area (Å²) in [6, 6.07) is 11.3. The summed E-state index contributed by atoms with van der Waals surface area (Å²) in [6.07, 6.45) is 6.54. The average Bonchev–Trinajstić information content (AvgIpc) is 2.68. The minimum Gasteiger partial charge on any atom is -0.493 e. The molecule has 2 aromatic rings. The molecule has 1 heterocycles. The van der Waals surface area contributed by atoms with Crippen LogP contribution in [0.5, 0.6) is 11.5 Å². The van der Waals surface area contributed by atoms with Crippen LogP contribution in [0.1, 0.15) is 37.7 Å². The molecule has 0 saturated heterocycles. The van der Waals surface area contributed by atoms with Gasteiger partial charge in [-0.2, -0.15) is 0 Å². The zero-order valence-electron chi connectivity index (χ0n) is 14.7. The molecule has 1 aliphatic rings. The SMILES string of the molecule is COc1ccc(C2(C(=O)Nc3ccccn3)CCCCC2)cc1OC. The maximum Gasteiger partial charge on any atom is 0.236 e. The van der Waals surface area contributed by atoms with E-state index in [9.17, 15) is 4.79 Å². The topological polar surface area (TPSA) is 60.5 Å². The van der Waals surface area contributed by atoms with Crippen LogP contribution in [0.3, 0.4) is 0 Å². The van der Waals surface area contributed by atoms with Gasteiger partial charge in [0.05, 0.1) is 19.6 Å². The minimum absolute atomic E-state index is 0.00174. The molecule has 0 aliphatic heterocycles. The molecule has 0 unspecified atom stereocenters. The van der Waals surface area contributed by atoms with Gasteiger partial charge in [-0.25, -0.2) is 4.98 Å². The molecule has 132 valence electrons. The second-order valence-electron chi connectivity index (χ2n) is 6.38. The molecule has 0 spiro atoms. The summed E-state index contributed by atoms with van der Waals surface area (Å²) in [4.78, 5) is 17.4. The van der Waals surface area contributed by atoms with Crippen molar-refractivity contribution < 1.29 is 14.3 Å². The Morgan fingerprint density at radius 2 is 1.80 bits per heavy atom. The van der Waals surface area contributed by atoms with Crippen molar-refractivity contribution in [2.75, 3.05) is 19.5 Å². The molecule has 1 fully saturated rings. The van der Waals surface area contributed by atoms with E-state index in [2.05, 4.69) is 10.3 Å². The molecule has 0 bridgehead atoms. The molecule has 1 amide bonds. The summed E-state index contributed by atoms with van der Waals surface area (Å²) < 4.78 is 10.8. The molecule has 1 aromatic carbocycles. The first-order valence-electron chi connectivity index (χ1n) is 8.64. The molecular formula is C20H24N2O3. The van der Waals surface area contributed by atoms with Crippen molar-refractivity contribution in [2.24, 2.45) is 0 Å². The van der Waals surface area contributed by atoms with Gasteiger partial charge in [0, 0.05) is 6.20 Å². The lowest BCUT2D eigenvalue weighted by molar-refractivity contribution is -0.122. The standard InChI is InChI=1S/C20H24N2O3/c1-24-16-10-9-15(14-17(16)25-2)20(11-5-3-6-12-20)19(23)22-18-8-4-7-13-21-18/h4,7-10,13-14H,3,5-6,11-12H2,1-2H3,(H,21,22,23). The summed E-state index contributed by atoms with van der Waals surface area (Å²) in [6.45, 7) is 0.